The maximum Gasteiger partial charge on any atom is 0.264 e. The summed E-state index contributed by atoms with van der Waals surface area (Å²) < 4.78 is 37.9. The molecule has 3 aromatic rings. The highest BCUT2D eigenvalue weighted by atomic mass is 32.2. The summed E-state index contributed by atoms with van der Waals surface area (Å²) in [6.45, 7) is 2.13. The molecule has 0 saturated carbocycles. The Balaban J connectivity index is 1.44. The maximum atomic E-state index is 13.1. The number of piperidine rings is 1. The van der Waals surface area contributed by atoms with E-state index < -0.39 is 10.0 Å². The van der Waals surface area contributed by atoms with Crippen LogP contribution >= 0.6 is 0 Å². The molecule has 4 rings (SSSR count). The van der Waals surface area contributed by atoms with Gasteiger partial charge in [0.1, 0.15) is 0 Å². The smallest absolute Gasteiger partial charge is 0.264 e. The average molecular weight is 510 g/mol. The van der Waals surface area contributed by atoms with Crippen molar-refractivity contribution < 1.29 is 22.7 Å². The van der Waals surface area contributed by atoms with Gasteiger partial charge in [0.15, 0.2) is 11.5 Å². The second kappa shape index (κ2) is 10.9. The number of hydrogen-bond acceptors (Lipinski definition) is 6. The van der Waals surface area contributed by atoms with Crippen molar-refractivity contribution in [3.05, 3.63) is 72.3 Å². The zero-order valence-electron chi connectivity index (χ0n) is 20.7. The van der Waals surface area contributed by atoms with Crippen LogP contribution in [-0.4, -0.2) is 48.7 Å². The Kier molecular flexibility index (Phi) is 7.69. The second-order valence-corrected chi connectivity index (χ2v) is 10.6. The van der Waals surface area contributed by atoms with Gasteiger partial charge in [-0.1, -0.05) is 0 Å². The topological polar surface area (TPSA) is 88.2 Å². The summed E-state index contributed by atoms with van der Waals surface area (Å²) in [6.07, 6.45) is 3.69. The van der Waals surface area contributed by atoms with Gasteiger partial charge in [-0.15, -0.1) is 0 Å². The molecule has 8 nitrogen and oxygen atoms in total. The van der Waals surface area contributed by atoms with Crippen LogP contribution in [0.3, 0.4) is 0 Å². The van der Waals surface area contributed by atoms with Gasteiger partial charge in [0.2, 0.25) is 0 Å². The normalized spacial score (nSPS) is 13.7. The molecule has 190 valence electrons. The zero-order valence-corrected chi connectivity index (χ0v) is 21.5. The molecule has 1 heterocycles. The fourth-order valence-corrected chi connectivity index (χ4v) is 5.42. The number of nitrogens with one attached hydrogen (secondary N) is 1. The molecule has 3 aromatic carbocycles. The minimum absolute atomic E-state index is 0.0671. The molecule has 0 spiro atoms. The number of hydrogen-bond donors (Lipinski definition) is 1. The fourth-order valence-electron chi connectivity index (χ4n) is 4.21. The molecule has 36 heavy (non-hydrogen) atoms. The zero-order chi connectivity index (χ0) is 25.7. The quantitative estimate of drug-likeness (QED) is 0.471. The highest BCUT2D eigenvalue weighted by Crippen LogP contribution is 2.31. The van der Waals surface area contributed by atoms with Gasteiger partial charge in [-0.25, -0.2) is 8.42 Å². The molecular weight excluding hydrogens is 478 g/mol. The Bertz CT molecular complexity index is 1300. The molecule has 9 heteroatoms. The van der Waals surface area contributed by atoms with Crippen LogP contribution in [0.15, 0.2) is 71.6 Å². The summed E-state index contributed by atoms with van der Waals surface area (Å²) in [7, 11) is 0.548. The Morgan fingerprint density at radius 3 is 2.11 bits per heavy atom. The molecule has 0 bridgehead atoms. The van der Waals surface area contributed by atoms with Crippen LogP contribution in [-0.2, 0) is 10.0 Å². The van der Waals surface area contributed by atoms with Crippen molar-refractivity contribution >= 4 is 33.0 Å². The summed E-state index contributed by atoms with van der Waals surface area (Å²) in [5.41, 5.74) is 2.72. The number of amides is 1. The van der Waals surface area contributed by atoms with Crippen molar-refractivity contribution in [2.45, 2.75) is 24.2 Å². The lowest BCUT2D eigenvalue weighted by Gasteiger charge is -2.28. The minimum atomic E-state index is -3.85. The SMILES string of the molecule is COc1ccc(S(=O)(=O)N(C)c2ccc(C(=O)Nc3ccc(N4CCCCC4)cc3)cc2)cc1OC. The highest BCUT2D eigenvalue weighted by Gasteiger charge is 2.23. The molecular formula is C27H31N3O5S. The predicted molar refractivity (Wildman–Crippen MR) is 142 cm³/mol. The van der Waals surface area contributed by atoms with E-state index >= 15 is 0 Å². The number of carbonyl (C=O) groups excluding carboxylic acids is 1. The van der Waals surface area contributed by atoms with Crippen LogP contribution in [0.25, 0.3) is 0 Å². The van der Waals surface area contributed by atoms with E-state index in [1.165, 1.54) is 52.7 Å². The number of carbonyl (C=O) groups is 1. The molecule has 1 aliphatic heterocycles. The highest BCUT2D eigenvalue weighted by molar-refractivity contribution is 7.92. The largest absolute Gasteiger partial charge is 0.493 e. The van der Waals surface area contributed by atoms with E-state index in [-0.39, 0.29) is 10.8 Å². The van der Waals surface area contributed by atoms with Gasteiger partial charge in [-0.05, 0) is 79.9 Å². The minimum Gasteiger partial charge on any atom is -0.493 e. The van der Waals surface area contributed by atoms with Gasteiger partial charge < -0.3 is 19.7 Å². The van der Waals surface area contributed by atoms with Crippen LogP contribution in [0.2, 0.25) is 0 Å². The van der Waals surface area contributed by atoms with Crippen LogP contribution < -0.4 is 24.0 Å². The first-order valence-corrected chi connectivity index (χ1v) is 13.2. The Morgan fingerprint density at radius 1 is 0.861 bits per heavy atom. The standard InChI is InChI=1S/C27H31N3O5S/c1-29(36(32,33)24-15-16-25(34-2)26(19-24)35-3)22-11-7-20(8-12-22)27(31)28-21-9-13-23(14-10-21)30-17-5-4-6-18-30/h7-16,19H,4-6,17-18H2,1-3H3,(H,28,31). The van der Waals surface area contributed by atoms with E-state index in [1.807, 2.05) is 24.3 Å². The fraction of sp³-hybridized carbons (Fsp3) is 0.296. The van der Waals surface area contributed by atoms with E-state index in [0.717, 1.165) is 23.1 Å². The van der Waals surface area contributed by atoms with E-state index in [2.05, 4.69) is 10.2 Å². The van der Waals surface area contributed by atoms with Gasteiger partial charge >= 0.3 is 0 Å². The lowest BCUT2D eigenvalue weighted by molar-refractivity contribution is 0.102. The predicted octanol–water partition coefficient (Wildman–Crippen LogP) is 4.77. The summed E-state index contributed by atoms with van der Waals surface area (Å²) >= 11 is 0. The lowest BCUT2D eigenvalue weighted by Crippen LogP contribution is -2.29. The Morgan fingerprint density at radius 2 is 1.50 bits per heavy atom. The van der Waals surface area contributed by atoms with Gasteiger partial charge in [-0.2, -0.15) is 0 Å². The van der Waals surface area contributed by atoms with Gasteiger partial charge in [0.05, 0.1) is 24.8 Å². The van der Waals surface area contributed by atoms with E-state index in [4.69, 9.17) is 9.47 Å². The average Bonchev–Trinajstić information content (AvgIpc) is 2.93. The summed E-state index contributed by atoms with van der Waals surface area (Å²) in [4.78, 5) is 15.2. The number of methoxy groups -OCH3 is 2. The molecule has 1 saturated heterocycles. The third-order valence-electron chi connectivity index (χ3n) is 6.35. The Labute approximate surface area is 212 Å². The number of ether oxygens (including phenoxy) is 2. The molecule has 0 unspecified atom stereocenters. The van der Waals surface area contributed by atoms with Crippen molar-refractivity contribution in [1.29, 1.82) is 0 Å². The molecule has 0 aromatic heterocycles. The van der Waals surface area contributed by atoms with Gasteiger partial charge in [0.25, 0.3) is 15.9 Å². The molecule has 0 atom stereocenters. The molecule has 1 fully saturated rings. The molecule has 1 N–H and O–H groups in total. The second-order valence-electron chi connectivity index (χ2n) is 8.58. The third kappa shape index (κ3) is 5.41. The van der Waals surface area contributed by atoms with Crippen molar-refractivity contribution in [3.63, 3.8) is 0 Å². The van der Waals surface area contributed by atoms with Crippen LogP contribution in [0.5, 0.6) is 11.5 Å². The van der Waals surface area contributed by atoms with Crippen LogP contribution in [0.1, 0.15) is 29.6 Å². The molecule has 0 radical (unpaired) electrons. The maximum absolute atomic E-state index is 13.1. The number of anilines is 3. The number of rotatable bonds is 8. The summed E-state index contributed by atoms with van der Waals surface area (Å²) in [6, 6.07) is 18.7. The molecule has 1 amide bonds. The van der Waals surface area contributed by atoms with E-state index in [1.54, 1.807) is 30.3 Å². The van der Waals surface area contributed by atoms with Gasteiger partial charge in [0, 0.05) is 43.1 Å². The number of sulfonamides is 1. The van der Waals surface area contributed by atoms with Gasteiger partial charge in [-0.3, -0.25) is 9.10 Å². The third-order valence-corrected chi connectivity index (χ3v) is 8.13. The van der Waals surface area contributed by atoms with Crippen molar-refractivity contribution in [1.82, 2.24) is 0 Å². The van der Waals surface area contributed by atoms with Crippen LogP contribution in [0, 0.1) is 0 Å². The van der Waals surface area contributed by atoms with Crippen molar-refractivity contribution in [2.24, 2.45) is 0 Å². The van der Waals surface area contributed by atoms with Crippen molar-refractivity contribution in [2.75, 3.05) is 48.9 Å². The first-order valence-electron chi connectivity index (χ1n) is 11.8. The molecule has 1 aliphatic rings. The number of benzene rings is 3. The lowest BCUT2D eigenvalue weighted by atomic mass is 10.1. The van der Waals surface area contributed by atoms with Crippen LogP contribution in [0.4, 0.5) is 17.1 Å². The Hall–Kier alpha value is -3.72. The van der Waals surface area contributed by atoms with E-state index in [9.17, 15) is 13.2 Å². The van der Waals surface area contributed by atoms with E-state index in [0.29, 0.717) is 28.4 Å². The summed E-state index contributed by atoms with van der Waals surface area (Å²) in [5.74, 6) is 0.497. The first kappa shape index (κ1) is 25.4. The first-order chi connectivity index (χ1) is 17.3. The summed E-state index contributed by atoms with van der Waals surface area (Å²) in [5, 5.41) is 2.90. The molecule has 0 aliphatic carbocycles. The monoisotopic (exact) mass is 509 g/mol. The number of nitrogens with zero attached hydrogens (tertiary/aromatic N) is 2. The van der Waals surface area contributed by atoms with Crippen molar-refractivity contribution in [3.8, 4) is 11.5 Å².